The summed E-state index contributed by atoms with van der Waals surface area (Å²) in [5, 5.41) is 5.54. The van der Waals surface area contributed by atoms with Crippen molar-refractivity contribution in [3.8, 4) is 0 Å². The third-order valence-corrected chi connectivity index (χ3v) is 3.89. The van der Waals surface area contributed by atoms with Gasteiger partial charge in [-0.25, -0.2) is 4.39 Å². The van der Waals surface area contributed by atoms with E-state index in [2.05, 4.69) is 9.59 Å². The Morgan fingerprint density at radius 1 is 1.36 bits per heavy atom. The highest BCUT2D eigenvalue weighted by Crippen LogP contribution is 2.25. The van der Waals surface area contributed by atoms with Crippen molar-refractivity contribution < 1.29 is 13.9 Å². The van der Waals surface area contributed by atoms with E-state index in [1.54, 1.807) is 23.6 Å². The first kappa shape index (κ1) is 14.8. The molecule has 7 heteroatoms. The summed E-state index contributed by atoms with van der Waals surface area (Å²) in [6, 6.07) is 4.68. The number of ketones is 1. The van der Waals surface area contributed by atoms with Gasteiger partial charge in [0.25, 0.3) is 0 Å². The molecule has 0 atom stereocenters. The zero-order valence-corrected chi connectivity index (χ0v) is 12.6. The van der Waals surface area contributed by atoms with Gasteiger partial charge in [-0.15, -0.1) is 5.10 Å². The molecule has 0 amide bonds. The number of allylic oxidation sites excluding steroid dienone is 1. The zero-order chi connectivity index (χ0) is 15.4. The normalized spacial score (nSPS) is 15.4. The summed E-state index contributed by atoms with van der Waals surface area (Å²) in [5.41, 5.74) is 1.28. The number of hydrogen-bond acceptors (Lipinski definition) is 6. The smallest absolute Gasteiger partial charge is 0.190 e. The Kier molecular flexibility index (Phi) is 4.55. The summed E-state index contributed by atoms with van der Waals surface area (Å²) in [7, 11) is 0. The molecular weight excluding hydrogens is 305 g/mol. The molecule has 0 saturated carbocycles. The van der Waals surface area contributed by atoms with Crippen LogP contribution in [0.25, 0.3) is 6.08 Å². The first-order chi connectivity index (χ1) is 10.8. The van der Waals surface area contributed by atoms with Gasteiger partial charge in [-0.2, -0.15) is 0 Å². The van der Waals surface area contributed by atoms with Crippen LogP contribution in [0.3, 0.4) is 0 Å². The van der Waals surface area contributed by atoms with Crippen LogP contribution in [0, 0.1) is 5.82 Å². The van der Waals surface area contributed by atoms with E-state index in [1.165, 1.54) is 23.7 Å². The number of benzene rings is 1. The van der Waals surface area contributed by atoms with E-state index in [0.717, 1.165) is 0 Å². The number of carbonyl (C=O) groups excluding carboxylic acids is 1. The van der Waals surface area contributed by atoms with E-state index < -0.39 is 5.82 Å². The van der Waals surface area contributed by atoms with Gasteiger partial charge >= 0.3 is 0 Å². The third kappa shape index (κ3) is 3.20. The Hall–Kier alpha value is -2.12. The van der Waals surface area contributed by atoms with Crippen molar-refractivity contribution in [2.75, 3.05) is 31.2 Å². The highest BCUT2D eigenvalue weighted by atomic mass is 32.1. The number of hydrogen-bond donors (Lipinski definition) is 0. The summed E-state index contributed by atoms with van der Waals surface area (Å²) >= 11 is 1.20. The van der Waals surface area contributed by atoms with Gasteiger partial charge in [0.2, 0.25) is 0 Å². The Labute approximate surface area is 131 Å². The SMILES string of the molecule is O=C(/C=C\c1csnn1)c1c(F)cccc1N1CCOCC1. The lowest BCUT2D eigenvalue weighted by molar-refractivity contribution is 0.104. The first-order valence-corrected chi connectivity index (χ1v) is 7.70. The molecule has 22 heavy (non-hydrogen) atoms. The largest absolute Gasteiger partial charge is 0.378 e. The molecule has 2 aromatic rings. The molecule has 2 heterocycles. The maximum atomic E-state index is 14.2. The van der Waals surface area contributed by atoms with Crippen LogP contribution < -0.4 is 4.90 Å². The molecule has 0 unspecified atom stereocenters. The molecule has 1 aliphatic heterocycles. The van der Waals surface area contributed by atoms with Gasteiger partial charge in [-0.1, -0.05) is 10.6 Å². The molecule has 0 N–H and O–H groups in total. The van der Waals surface area contributed by atoms with E-state index >= 15 is 0 Å². The summed E-state index contributed by atoms with van der Waals surface area (Å²) in [4.78, 5) is 14.4. The topological polar surface area (TPSA) is 55.3 Å². The third-order valence-electron chi connectivity index (χ3n) is 3.37. The fourth-order valence-corrected chi connectivity index (χ4v) is 2.74. The highest BCUT2D eigenvalue weighted by molar-refractivity contribution is 7.03. The van der Waals surface area contributed by atoms with Crippen LogP contribution in [0.15, 0.2) is 29.7 Å². The molecule has 3 rings (SSSR count). The standard InChI is InChI=1S/C15H14FN3O2S/c16-12-2-1-3-13(19-6-8-21-9-7-19)15(12)14(20)5-4-11-10-22-18-17-11/h1-5,10H,6-9H2/b5-4-. The number of carbonyl (C=O) groups is 1. The van der Waals surface area contributed by atoms with Crippen LogP contribution in [0.5, 0.6) is 0 Å². The predicted molar refractivity (Wildman–Crippen MR) is 82.7 cm³/mol. The van der Waals surface area contributed by atoms with Crippen molar-refractivity contribution in [2.45, 2.75) is 0 Å². The van der Waals surface area contributed by atoms with Gasteiger partial charge in [-0.3, -0.25) is 4.79 Å². The van der Waals surface area contributed by atoms with E-state index in [4.69, 9.17) is 4.74 Å². The van der Waals surface area contributed by atoms with Gasteiger partial charge in [0.15, 0.2) is 5.78 Å². The van der Waals surface area contributed by atoms with Crippen molar-refractivity contribution in [3.05, 3.63) is 46.7 Å². The van der Waals surface area contributed by atoms with Crippen LogP contribution in [-0.4, -0.2) is 41.7 Å². The van der Waals surface area contributed by atoms with Crippen molar-refractivity contribution in [3.63, 3.8) is 0 Å². The number of morpholine rings is 1. The van der Waals surface area contributed by atoms with Crippen LogP contribution in [0.4, 0.5) is 10.1 Å². The van der Waals surface area contributed by atoms with Crippen molar-refractivity contribution >= 4 is 29.1 Å². The van der Waals surface area contributed by atoms with Gasteiger partial charge in [-0.05, 0) is 35.8 Å². The number of aromatic nitrogens is 2. The van der Waals surface area contributed by atoms with E-state index in [9.17, 15) is 9.18 Å². The van der Waals surface area contributed by atoms with Gasteiger partial charge < -0.3 is 9.64 Å². The number of nitrogens with zero attached hydrogens (tertiary/aromatic N) is 3. The van der Waals surface area contributed by atoms with Gasteiger partial charge in [0.1, 0.15) is 5.82 Å². The van der Waals surface area contributed by atoms with Crippen molar-refractivity contribution in [1.82, 2.24) is 9.59 Å². The van der Waals surface area contributed by atoms with Crippen molar-refractivity contribution in [2.24, 2.45) is 0 Å². The van der Waals surface area contributed by atoms with Crippen LogP contribution in [-0.2, 0) is 4.74 Å². The monoisotopic (exact) mass is 319 g/mol. The molecule has 1 aromatic carbocycles. The number of halogens is 1. The Bertz CT molecular complexity index is 682. The second-order valence-corrected chi connectivity index (χ2v) is 5.37. The number of anilines is 1. The zero-order valence-electron chi connectivity index (χ0n) is 11.7. The summed E-state index contributed by atoms with van der Waals surface area (Å²) in [6.07, 6.45) is 2.88. The quantitative estimate of drug-likeness (QED) is 0.640. The molecule has 0 spiro atoms. The Balaban J connectivity index is 1.89. The van der Waals surface area contributed by atoms with Gasteiger partial charge in [0, 0.05) is 18.5 Å². The average molecular weight is 319 g/mol. The first-order valence-electron chi connectivity index (χ1n) is 6.86. The molecule has 0 radical (unpaired) electrons. The second-order valence-electron chi connectivity index (χ2n) is 4.76. The summed E-state index contributed by atoms with van der Waals surface area (Å²) < 4.78 is 23.2. The van der Waals surface area contributed by atoms with Crippen molar-refractivity contribution in [1.29, 1.82) is 0 Å². The Morgan fingerprint density at radius 2 is 2.18 bits per heavy atom. The molecule has 0 aliphatic carbocycles. The summed E-state index contributed by atoms with van der Waals surface area (Å²) in [5.74, 6) is -0.900. The lowest BCUT2D eigenvalue weighted by atomic mass is 10.1. The molecule has 114 valence electrons. The van der Waals surface area contributed by atoms with Crippen LogP contribution >= 0.6 is 11.5 Å². The van der Waals surface area contributed by atoms with E-state index in [1.807, 2.05) is 4.90 Å². The maximum Gasteiger partial charge on any atom is 0.190 e. The lowest BCUT2D eigenvalue weighted by Gasteiger charge is -2.30. The molecule has 5 nitrogen and oxygen atoms in total. The minimum absolute atomic E-state index is 0.0869. The molecular formula is C15H14FN3O2S. The predicted octanol–water partition coefficient (Wildman–Crippen LogP) is 2.41. The van der Waals surface area contributed by atoms with Crippen LogP contribution in [0.2, 0.25) is 0 Å². The van der Waals surface area contributed by atoms with Gasteiger partial charge in [0.05, 0.1) is 30.2 Å². The van der Waals surface area contributed by atoms with E-state index in [0.29, 0.717) is 37.7 Å². The molecule has 1 fully saturated rings. The fraction of sp³-hybridized carbons (Fsp3) is 0.267. The highest BCUT2D eigenvalue weighted by Gasteiger charge is 2.20. The average Bonchev–Trinajstić information content (AvgIpc) is 3.06. The maximum absolute atomic E-state index is 14.2. The minimum Gasteiger partial charge on any atom is -0.378 e. The molecule has 1 aromatic heterocycles. The summed E-state index contributed by atoms with van der Waals surface area (Å²) in [6.45, 7) is 2.43. The van der Waals surface area contributed by atoms with Crippen LogP contribution in [0.1, 0.15) is 16.1 Å². The number of ether oxygens (including phenoxy) is 1. The number of rotatable bonds is 4. The molecule has 1 aliphatic rings. The van der Waals surface area contributed by atoms with E-state index in [-0.39, 0.29) is 11.3 Å². The minimum atomic E-state index is -0.518. The Morgan fingerprint density at radius 3 is 2.91 bits per heavy atom. The molecule has 0 bridgehead atoms. The molecule has 1 saturated heterocycles. The second kappa shape index (κ2) is 6.76. The fourth-order valence-electron chi connectivity index (χ4n) is 2.31. The lowest BCUT2D eigenvalue weighted by Crippen LogP contribution is -2.37.